The van der Waals surface area contributed by atoms with Gasteiger partial charge < -0.3 is 15.4 Å². The lowest BCUT2D eigenvalue weighted by molar-refractivity contribution is -0.142. The van der Waals surface area contributed by atoms with Crippen LogP contribution < -0.4 is 15.4 Å². The number of nitrogens with one attached hydrogen (secondary N) is 2. The van der Waals surface area contributed by atoms with Gasteiger partial charge in [0, 0.05) is 31.6 Å². The van der Waals surface area contributed by atoms with Crippen molar-refractivity contribution in [3.63, 3.8) is 0 Å². The minimum absolute atomic E-state index is 0.0283. The molecule has 0 aromatic carbocycles. The first-order valence-electron chi connectivity index (χ1n) is 12.7. The molecule has 0 aliphatic heterocycles. The van der Waals surface area contributed by atoms with E-state index in [1.807, 2.05) is 0 Å². The number of hydrogen-bond acceptors (Lipinski definition) is 7. The number of aryl methyl sites for hydroxylation is 1. The maximum Gasteiger partial charge on any atom is 0.408 e. The van der Waals surface area contributed by atoms with Gasteiger partial charge in [0.2, 0.25) is 0 Å². The van der Waals surface area contributed by atoms with Crippen molar-refractivity contribution in [1.82, 2.24) is 20.1 Å². The average Bonchev–Trinajstić information content (AvgIpc) is 3.20. The van der Waals surface area contributed by atoms with Gasteiger partial charge in [0.25, 0.3) is 5.91 Å². The number of aromatic nitrogens is 3. The molecule has 1 saturated carbocycles. The zero-order valence-corrected chi connectivity index (χ0v) is 23.6. The predicted octanol–water partition coefficient (Wildman–Crippen LogP) is 5.31. The van der Waals surface area contributed by atoms with Crippen molar-refractivity contribution in [2.45, 2.75) is 76.6 Å². The molecular weight excluding hydrogens is 585 g/mol. The van der Waals surface area contributed by atoms with Crippen LogP contribution in [0.15, 0.2) is 12.3 Å². The van der Waals surface area contributed by atoms with E-state index in [4.69, 9.17) is 11.6 Å². The minimum Gasteiger partial charge on any atom is -0.434 e. The molecule has 2 aromatic heterocycles. The van der Waals surface area contributed by atoms with Crippen molar-refractivity contribution in [1.29, 1.82) is 0 Å². The molecule has 16 heteroatoms. The lowest BCUT2D eigenvalue weighted by atomic mass is 9.89. The largest absolute Gasteiger partial charge is 0.434 e. The first-order valence-corrected chi connectivity index (χ1v) is 15.0. The lowest BCUT2D eigenvalue weighted by Crippen LogP contribution is -2.35. The van der Waals surface area contributed by atoms with Gasteiger partial charge >= 0.3 is 12.8 Å². The van der Waals surface area contributed by atoms with Crippen molar-refractivity contribution in [2.24, 2.45) is 5.92 Å². The molecule has 1 fully saturated rings. The van der Waals surface area contributed by atoms with Crippen molar-refractivity contribution < 1.29 is 39.9 Å². The standard InChI is InChI=1S/C24H31ClF5N5O4S/c1-4-17(24(28,29)30)33-18-10-16(39-23(26)27)15(12-31-18)21-19(25)20(34-35(21)5-2)22(36)32-11-13-6-8-14(9-7-13)40(3,37)38/h10,12-14,17,23H,4-9,11H2,1-3H3,(H,31,33)(H,32,36)/t13?,14?,17-/m1/s1. The molecule has 1 atom stereocenters. The molecule has 2 aromatic rings. The molecule has 3 rings (SSSR count). The van der Waals surface area contributed by atoms with Gasteiger partial charge in [-0.2, -0.15) is 27.1 Å². The fraction of sp³-hybridized carbons (Fsp3) is 0.625. The Balaban J connectivity index is 1.85. The number of nitrogens with zero attached hydrogens (tertiary/aromatic N) is 3. The molecule has 1 amide bonds. The highest BCUT2D eigenvalue weighted by atomic mass is 35.5. The summed E-state index contributed by atoms with van der Waals surface area (Å²) in [6.45, 7) is 0.0946. The molecule has 224 valence electrons. The van der Waals surface area contributed by atoms with Gasteiger partial charge in [-0.25, -0.2) is 13.4 Å². The van der Waals surface area contributed by atoms with Gasteiger partial charge in [-0.1, -0.05) is 18.5 Å². The molecular formula is C24H31ClF5N5O4S. The summed E-state index contributed by atoms with van der Waals surface area (Å²) >= 11 is 6.50. The second-order valence-electron chi connectivity index (χ2n) is 9.60. The van der Waals surface area contributed by atoms with Gasteiger partial charge in [-0.05, 0) is 44.9 Å². The van der Waals surface area contributed by atoms with E-state index < -0.39 is 45.6 Å². The molecule has 0 unspecified atom stereocenters. The highest BCUT2D eigenvalue weighted by molar-refractivity contribution is 7.91. The highest BCUT2D eigenvalue weighted by Crippen LogP contribution is 2.39. The number of rotatable bonds is 11. The van der Waals surface area contributed by atoms with Crippen LogP contribution in [-0.4, -0.2) is 66.0 Å². The summed E-state index contributed by atoms with van der Waals surface area (Å²) in [5.74, 6) is -1.41. The number of amides is 1. The summed E-state index contributed by atoms with van der Waals surface area (Å²) in [5, 5.41) is 8.56. The van der Waals surface area contributed by atoms with Crippen LogP contribution in [0.1, 0.15) is 56.4 Å². The molecule has 0 bridgehead atoms. The molecule has 0 saturated heterocycles. The summed E-state index contributed by atoms with van der Waals surface area (Å²) in [6, 6.07) is -1.06. The van der Waals surface area contributed by atoms with Crippen LogP contribution in [0.25, 0.3) is 11.3 Å². The summed E-state index contributed by atoms with van der Waals surface area (Å²) < 4.78 is 95.5. The van der Waals surface area contributed by atoms with E-state index in [0.717, 1.165) is 12.3 Å². The Bertz CT molecular complexity index is 1300. The number of ether oxygens (including phenoxy) is 1. The van der Waals surface area contributed by atoms with Crippen LogP contribution in [0.2, 0.25) is 5.02 Å². The van der Waals surface area contributed by atoms with Gasteiger partial charge in [-0.15, -0.1) is 0 Å². The zero-order valence-electron chi connectivity index (χ0n) is 22.1. The first-order chi connectivity index (χ1) is 18.6. The Morgan fingerprint density at radius 2 is 1.88 bits per heavy atom. The fourth-order valence-electron chi connectivity index (χ4n) is 4.64. The number of pyridine rings is 1. The number of hydrogen-bond donors (Lipinski definition) is 2. The van der Waals surface area contributed by atoms with E-state index in [1.165, 1.54) is 17.9 Å². The second-order valence-corrected chi connectivity index (χ2v) is 12.3. The summed E-state index contributed by atoms with van der Waals surface area (Å²) in [7, 11) is -3.12. The Morgan fingerprint density at radius 1 is 1.23 bits per heavy atom. The predicted molar refractivity (Wildman–Crippen MR) is 139 cm³/mol. The highest BCUT2D eigenvalue weighted by Gasteiger charge is 2.38. The number of halogens is 6. The van der Waals surface area contributed by atoms with Crippen LogP contribution in [0.5, 0.6) is 5.75 Å². The van der Waals surface area contributed by atoms with Crippen molar-refractivity contribution in [3.8, 4) is 17.0 Å². The van der Waals surface area contributed by atoms with Crippen LogP contribution in [0.4, 0.5) is 27.8 Å². The zero-order chi connectivity index (χ0) is 29.8. The second kappa shape index (κ2) is 12.9. The Hall–Kier alpha value is -2.68. The summed E-state index contributed by atoms with van der Waals surface area (Å²) in [5.41, 5.74) is -0.249. The summed E-state index contributed by atoms with van der Waals surface area (Å²) in [4.78, 5) is 16.9. The third-order valence-electron chi connectivity index (χ3n) is 6.82. The topological polar surface area (TPSA) is 115 Å². The SMILES string of the molecule is CC[C@@H](Nc1cc(OC(F)F)c(-c2c(Cl)c(C(=O)NCC3CCC(S(C)(=O)=O)CC3)nn2CC)cn1)C(F)(F)F. The average molecular weight is 616 g/mol. The van der Waals surface area contributed by atoms with E-state index >= 15 is 0 Å². The van der Waals surface area contributed by atoms with Gasteiger partial charge in [0.15, 0.2) is 5.69 Å². The van der Waals surface area contributed by atoms with Crippen molar-refractivity contribution in [2.75, 3.05) is 18.1 Å². The molecule has 0 radical (unpaired) electrons. The smallest absolute Gasteiger partial charge is 0.408 e. The van der Waals surface area contributed by atoms with E-state index in [9.17, 15) is 35.2 Å². The maximum absolute atomic E-state index is 13.3. The minimum atomic E-state index is -4.60. The molecule has 1 aliphatic rings. The Labute approximate surface area is 233 Å². The molecule has 2 N–H and O–H groups in total. The van der Waals surface area contributed by atoms with Crippen LogP contribution in [0, 0.1) is 5.92 Å². The number of anilines is 1. The van der Waals surface area contributed by atoms with Gasteiger partial charge in [0.1, 0.15) is 27.4 Å². The Kier molecular flexibility index (Phi) is 10.3. The van der Waals surface area contributed by atoms with E-state index in [1.54, 1.807) is 6.92 Å². The van der Waals surface area contributed by atoms with E-state index in [0.29, 0.717) is 25.7 Å². The van der Waals surface area contributed by atoms with E-state index in [2.05, 4.69) is 25.5 Å². The third kappa shape index (κ3) is 7.74. The molecule has 9 nitrogen and oxygen atoms in total. The van der Waals surface area contributed by atoms with Crippen molar-refractivity contribution >= 4 is 33.2 Å². The number of sulfone groups is 1. The molecule has 2 heterocycles. The van der Waals surface area contributed by atoms with Crippen LogP contribution >= 0.6 is 11.6 Å². The van der Waals surface area contributed by atoms with E-state index in [-0.39, 0.29) is 53.2 Å². The molecule has 1 aliphatic carbocycles. The normalized spacial score (nSPS) is 18.9. The monoisotopic (exact) mass is 615 g/mol. The number of alkyl halides is 5. The molecule has 40 heavy (non-hydrogen) atoms. The number of carbonyl (C=O) groups excluding carboxylic acids is 1. The molecule has 0 spiro atoms. The van der Waals surface area contributed by atoms with Crippen molar-refractivity contribution in [3.05, 3.63) is 23.0 Å². The maximum atomic E-state index is 13.3. The fourth-order valence-corrected chi connectivity index (χ4v) is 6.09. The lowest BCUT2D eigenvalue weighted by Gasteiger charge is -2.27. The summed E-state index contributed by atoms with van der Waals surface area (Å²) in [6.07, 6.45) is -0.446. The quantitative estimate of drug-likeness (QED) is 0.329. The Morgan fingerprint density at radius 3 is 2.40 bits per heavy atom. The van der Waals surface area contributed by atoms with Gasteiger partial charge in [0.05, 0.1) is 21.5 Å². The van der Waals surface area contributed by atoms with Crippen LogP contribution in [-0.2, 0) is 16.4 Å². The van der Waals surface area contributed by atoms with Crippen LogP contribution in [0.3, 0.4) is 0 Å². The van der Waals surface area contributed by atoms with Gasteiger partial charge in [-0.3, -0.25) is 9.48 Å². The third-order valence-corrected chi connectivity index (χ3v) is 8.86. The first kappa shape index (κ1) is 31.8. The number of carbonyl (C=O) groups is 1.